The van der Waals surface area contributed by atoms with E-state index >= 15 is 0 Å². The summed E-state index contributed by atoms with van der Waals surface area (Å²) in [5.74, 6) is 3.40. The van der Waals surface area contributed by atoms with Gasteiger partial charge in [-0.05, 0) is 31.4 Å². The van der Waals surface area contributed by atoms with Gasteiger partial charge in [-0.3, -0.25) is 9.89 Å². The molecule has 4 rings (SSSR count). The summed E-state index contributed by atoms with van der Waals surface area (Å²) in [6.07, 6.45) is 3.82. The molecule has 0 radical (unpaired) electrons. The number of aryl methyl sites for hydroxylation is 1. The fourth-order valence-corrected chi connectivity index (χ4v) is 3.86. The highest BCUT2D eigenvalue weighted by Gasteiger charge is 2.42. The number of hydrogen-bond acceptors (Lipinski definition) is 5. The molecule has 1 amide bonds. The van der Waals surface area contributed by atoms with Crippen LogP contribution < -0.4 is 0 Å². The molecule has 7 heteroatoms. The monoisotopic (exact) mass is 330 g/mol. The largest absolute Gasteiger partial charge is 0.469 e. The molecule has 0 aliphatic carbocycles. The highest BCUT2D eigenvalue weighted by molar-refractivity contribution is 5.78. The Morgan fingerprint density at radius 3 is 3.17 bits per heavy atom. The number of ether oxygens (including phenoxy) is 1. The zero-order valence-corrected chi connectivity index (χ0v) is 13.8. The van der Waals surface area contributed by atoms with Crippen LogP contribution in [0.15, 0.2) is 22.8 Å². The molecule has 0 saturated carbocycles. The second-order valence-corrected chi connectivity index (χ2v) is 6.72. The molecule has 2 aliphatic rings. The molecule has 2 aromatic rings. The van der Waals surface area contributed by atoms with E-state index in [-0.39, 0.29) is 12.0 Å². The van der Waals surface area contributed by atoms with E-state index in [2.05, 4.69) is 15.2 Å². The number of likely N-dealkylation sites (tertiary alicyclic amines) is 1. The smallest absolute Gasteiger partial charge is 0.230 e. The molecule has 2 aromatic heterocycles. The van der Waals surface area contributed by atoms with E-state index in [1.54, 1.807) is 6.26 Å². The van der Waals surface area contributed by atoms with Crippen molar-refractivity contribution in [3.05, 3.63) is 35.8 Å². The van der Waals surface area contributed by atoms with Crippen molar-refractivity contribution in [3.8, 4) is 0 Å². The summed E-state index contributed by atoms with van der Waals surface area (Å²) in [6, 6.07) is 3.66. The lowest BCUT2D eigenvalue weighted by molar-refractivity contribution is -0.133. The van der Waals surface area contributed by atoms with Gasteiger partial charge in [-0.1, -0.05) is 0 Å². The summed E-state index contributed by atoms with van der Waals surface area (Å²) in [5, 5.41) is 7.09. The van der Waals surface area contributed by atoms with E-state index in [0.717, 1.165) is 43.3 Å². The summed E-state index contributed by atoms with van der Waals surface area (Å²) in [5.41, 5.74) is 0. The molecule has 0 aromatic carbocycles. The van der Waals surface area contributed by atoms with Crippen molar-refractivity contribution in [3.63, 3.8) is 0 Å². The number of furan rings is 1. The van der Waals surface area contributed by atoms with Gasteiger partial charge in [0.05, 0.1) is 25.4 Å². The molecule has 3 atom stereocenters. The van der Waals surface area contributed by atoms with Crippen LogP contribution in [-0.2, 0) is 22.4 Å². The number of aromatic amines is 1. The standard InChI is InChI=1S/C17H22N4O3/c1-11-18-16(20-19-11)8-15-14-4-5-21(9-12(14)10-24-15)17(22)7-13-3-2-6-23-13/h2-3,6,12,14-15H,4-5,7-10H2,1H3,(H,18,19,20)/t12-,14-,15+/m1/s1. The Balaban J connectivity index is 1.34. The van der Waals surface area contributed by atoms with Crippen LogP contribution in [-0.4, -0.2) is 51.8 Å². The van der Waals surface area contributed by atoms with Crippen LogP contribution >= 0.6 is 0 Å². The summed E-state index contributed by atoms with van der Waals surface area (Å²) in [7, 11) is 0. The quantitative estimate of drug-likeness (QED) is 0.915. The number of piperidine rings is 1. The molecular weight excluding hydrogens is 308 g/mol. The van der Waals surface area contributed by atoms with E-state index in [1.165, 1.54) is 0 Å². The minimum absolute atomic E-state index is 0.136. The van der Waals surface area contributed by atoms with Gasteiger partial charge in [-0.15, -0.1) is 0 Å². The van der Waals surface area contributed by atoms with Gasteiger partial charge in [-0.2, -0.15) is 5.10 Å². The maximum absolute atomic E-state index is 12.4. The van der Waals surface area contributed by atoms with Gasteiger partial charge in [-0.25, -0.2) is 4.98 Å². The van der Waals surface area contributed by atoms with Crippen LogP contribution in [0.2, 0.25) is 0 Å². The molecule has 24 heavy (non-hydrogen) atoms. The maximum Gasteiger partial charge on any atom is 0.230 e. The average molecular weight is 330 g/mol. The van der Waals surface area contributed by atoms with E-state index in [9.17, 15) is 4.79 Å². The van der Waals surface area contributed by atoms with E-state index in [0.29, 0.717) is 24.9 Å². The van der Waals surface area contributed by atoms with Gasteiger partial charge in [0.2, 0.25) is 5.91 Å². The Labute approximate surface area is 140 Å². The third-order valence-electron chi connectivity index (χ3n) is 5.08. The van der Waals surface area contributed by atoms with E-state index in [4.69, 9.17) is 9.15 Å². The Bertz CT molecular complexity index is 697. The number of hydrogen-bond donors (Lipinski definition) is 1. The maximum atomic E-state index is 12.4. The highest BCUT2D eigenvalue weighted by Crippen LogP contribution is 2.35. The lowest BCUT2D eigenvalue weighted by Gasteiger charge is -2.35. The van der Waals surface area contributed by atoms with Gasteiger partial charge in [0.25, 0.3) is 0 Å². The third kappa shape index (κ3) is 3.08. The van der Waals surface area contributed by atoms with Gasteiger partial charge in [0.15, 0.2) is 5.82 Å². The van der Waals surface area contributed by atoms with Crippen LogP contribution in [0.25, 0.3) is 0 Å². The first-order chi connectivity index (χ1) is 11.7. The highest BCUT2D eigenvalue weighted by atomic mass is 16.5. The van der Waals surface area contributed by atoms with Crippen molar-refractivity contribution in [2.45, 2.75) is 32.3 Å². The van der Waals surface area contributed by atoms with E-state index in [1.807, 2.05) is 24.0 Å². The predicted molar refractivity (Wildman–Crippen MR) is 85.2 cm³/mol. The second-order valence-electron chi connectivity index (χ2n) is 6.72. The number of fused-ring (bicyclic) bond motifs is 1. The summed E-state index contributed by atoms with van der Waals surface area (Å²) in [4.78, 5) is 18.8. The van der Waals surface area contributed by atoms with Crippen LogP contribution in [0.4, 0.5) is 0 Å². The molecule has 7 nitrogen and oxygen atoms in total. The number of aromatic nitrogens is 3. The number of H-pyrrole nitrogens is 1. The second kappa shape index (κ2) is 6.39. The van der Waals surface area contributed by atoms with E-state index < -0.39 is 0 Å². The number of carbonyl (C=O) groups excluding carboxylic acids is 1. The van der Waals surface area contributed by atoms with Gasteiger partial charge in [0.1, 0.15) is 11.6 Å². The van der Waals surface area contributed by atoms with Crippen LogP contribution in [0.3, 0.4) is 0 Å². The minimum atomic E-state index is 0.136. The molecule has 1 N–H and O–H groups in total. The fraction of sp³-hybridized carbons (Fsp3) is 0.588. The fourth-order valence-electron chi connectivity index (χ4n) is 3.86. The minimum Gasteiger partial charge on any atom is -0.469 e. The SMILES string of the molecule is Cc1nc(C[C@@H]2OC[C@H]3CN(C(=O)Cc4ccco4)CC[C@H]32)n[nH]1. The number of nitrogens with one attached hydrogen (secondary N) is 1. The lowest BCUT2D eigenvalue weighted by Crippen LogP contribution is -2.45. The average Bonchev–Trinajstić information content (AvgIpc) is 3.30. The van der Waals surface area contributed by atoms with Crippen molar-refractivity contribution >= 4 is 5.91 Å². The van der Waals surface area contributed by atoms with Crippen LogP contribution in [0.5, 0.6) is 0 Å². The summed E-state index contributed by atoms with van der Waals surface area (Å²) >= 11 is 0. The Kier molecular flexibility index (Phi) is 4.10. The molecular formula is C17H22N4O3. The number of nitrogens with zero attached hydrogens (tertiary/aromatic N) is 3. The molecule has 2 aliphatic heterocycles. The lowest BCUT2D eigenvalue weighted by atomic mass is 9.83. The molecule has 2 saturated heterocycles. The molecule has 4 heterocycles. The van der Waals surface area contributed by atoms with Gasteiger partial charge >= 0.3 is 0 Å². The molecule has 0 bridgehead atoms. The predicted octanol–water partition coefficient (Wildman–Crippen LogP) is 1.35. The summed E-state index contributed by atoms with van der Waals surface area (Å²) in [6.45, 7) is 4.17. The first-order valence-corrected chi connectivity index (χ1v) is 8.48. The Morgan fingerprint density at radius 1 is 1.50 bits per heavy atom. The first kappa shape index (κ1) is 15.4. The topological polar surface area (TPSA) is 84.2 Å². The van der Waals surface area contributed by atoms with Gasteiger partial charge in [0, 0.05) is 25.4 Å². The molecule has 0 unspecified atom stereocenters. The number of amides is 1. The van der Waals surface area contributed by atoms with Crippen molar-refractivity contribution in [1.29, 1.82) is 0 Å². The van der Waals surface area contributed by atoms with Crippen molar-refractivity contribution in [2.24, 2.45) is 11.8 Å². The van der Waals surface area contributed by atoms with Crippen molar-refractivity contribution in [1.82, 2.24) is 20.1 Å². The Hall–Kier alpha value is -2.15. The zero-order valence-electron chi connectivity index (χ0n) is 13.8. The number of carbonyl (C=O) groups is 1. The van der Waals surface area contributed by atoms with Crippen molar-refractivity contribution < 1.29 is 13.9 Å². The molecule has 0 spiro atoms. The molecule has 2 fully saturated rings. The van der Waals surface area contributed by atoms with Gasteiger partial charge < -0.3 is 14.1 Å². The molecule has 128 valence electrons. The summed E-state index contributed by atoms with van der Waals surface area (Å²) < 4.78 is 11.3. The van der Waals surface area contributed by atoms with Crippen LogP contribution in [0, 0.1) is 18.8 Å². The van der Waals surface area contributed by atoms with Crippen molar-refractivity contribution in [2.75, 3.05) is 19.7 Å². The first-order valence-electron chi connectivity index (χ1n) is 8.48. The number of rotatable bonds is 4. The zero-order chi connectivity index (χ0) is 16.5. The Morgan fingerprint density at radius 2 is 2.42 bits per heavy atom. The third-order valence-corrected chi connectivity index (χ3v) is 5.08. The normalized spacial score (nSPS) is 26.5. The van der Waals surface area contributed by atoms with Crippen LogP contribution in [0.1, 0.15) is 23.8 Å².